The van der Waals surface area contributed by atoms with E-state index in [4.69, 9.17) is 37.9 Å². The predicted octanol–water partition coefficient (Wildman–Crippen LogP) is 3.03. The number of hydrogen-bond donors (Lipinski definition) is 0. The number of halogens is 2. The Hall–Kier alpha value is -0.950. The minimum absolute atomic E-state index is 0.0112. The molecule has 2 rings (SSSR count). The SMILES string of the molecule is N#Cc1cc(Cl)c(OC2CCOC2)c(Cl)c1. The molecule has 0 spiro atoms. The van der Waals surface area contributed by atoms with Gasteiger partial charge in [-0.05, 0) is 12.1 Å². The summed E-state index contributed by atoms with van der Waals surface area (Å²) in [4.78, 5) is 0. The van der Waals surface area contributed by atoms with Crippen LogP contribution in [0.15, 0.2) is 12.1 Å². The number of benzene rings is 1. The highest BCUT2D eigenvalue weighted by atomic mass is 35.5. The Bertz CT molecular complexity index is 413. The summed E-state index contributed by atoms with van der Waals surface area (Å²) in [6.45, 7) is 1.24. The summed E-state index contributed by atoms with van der Waals surface area (Å²) >= 11 is 12.0. The van der Waals surface area contributed by atoms with Crippen LogP contribution >= 0.6 is 23.2 Å². The van der Waals surface area contributed by atoms with Crippen LogP contribution in [0.2, 0.25) is 10.0 Å². The molecule has 0 radical (unpaired) electrons. The van der Waals surface area contributed by atoms with Crippen LogP contribution in [0, 0.1) is 11.3 Å². The quantitative estimate of drug-likeness (QED) is 0.818. The number of hydrogen-bond acceptors (Lipinski definition) is 3. The fourth-order valence-corrected chi connectivity index (χ4v) is 2.09. The van der Waals surface area contributed by atoms with E-state index in [0.717, 1.165) is 6.42 Å². The van der Waals surface area contributed by atoms with E-state index in [1.54, 1.807) is 12.1 Å². The van der Waals surface area contributed by atoms with E-state index < -0.39 is 0 Å². The van der Waals surface area contributed by atoms with Gasteiger partial charge < -0.3 is 9.47 Å². The fourth-order valence-electron chi connectivity index (χ4n) is 1.51. The Morgan fingerprint density at radius 2 is 2.06 bits per heavy atom. The maximum absolute atomic E-state index is 8.73. The first-order chi connectivity index (χ1) is 7.70. The molecular weight excluding hydrogens is 249 g/mol. The molecule has 1 unspecified atom stereocenters. The Morgan fingerprint density at radius 3 is 2.56 bits per heavy atom. The average molecular weight is 258 g/mol. The zero-order valence-corrected chi connectivity index (χ0v) is 9.88. The smallest absolute Gasteiger partial charge is 0.157 e. The second kappa shape index (κ2) is 4.92. The minimum atomic E-state index is -0.0112. The zero-order chi connectivity index (χ0) is 11.5. The van der Waals surface area contributed by atoms with E-state index in [1.807, 2.05) is 6.07 Å². The lowest BCUT2D eigenvalue weighted by Crippen LogP contribution is -2.16. The summed E-state index contributed by atoms with van der Waals surface area (Å²) in [6.07, 6.45) is 0.815. The largest absolute Gasteiger partial charge is 0.485 e. The zero-order valence-electron chi connectivity index (χ0n) is 8.37. The van der Waals surface area contributed by atoms with Crippen LogP contribution in [0.3, 0.4) is 0 Å². The molecule has 0 N–H and O–H groups in total. The molecule has 5 heteroatoms. The highest BCUT2D eigenvalue weighted by molar-refractivity contribution is 6.37. The summed E-state index contributed by atoms with van der Waals surface area (Å²) in [7, 11) is 0. The molecule has 84 valence electrons. The van der Waals surface area contributed by atoms with Gasteiger partial charge >= 0.3 is 0 Å². The van der Waals surface area contributed by atoms with Crippen molar-refractivity contribution in [2.45, 2.75) is 12.5 Å². The lowest BCUT2D eigenvalue weighted by atomic mass is 10.2. The Morgan fingerprint density at radius 1 is 1.38 bits per heavy atom. The van der Waals surface area contributed by atoms with E-state index in [9.17, 15) is 0 Å². The van der Waals surface area contributed by atoms with E-state index in [2.05, 4.69) is 0 Å². The molecule has 1 aromatic rings. The van der Waals surface area contributed by atoms with Gasteiger partial charge in [0.1, 0.15) is 6.10 Å². The normalized spacial score (nSPS) is 19.4. The number of ether oxygens (including phenoxy) is 2. The van der Waals surface area contributed by atoms with E-state index in [0.29, 0.717) is 34.6 Å². The maximum atomic E-state index is 8.73. The Kier molecular flexibility index (Phi) is 3.55. The van der Waals surface area contributed by atoms with Gasteiger partial charge in [-0.3, -0.25) is 0 Å². The van der Waals surface area contributed by atoms with Crippen molar-refractivity contribution in [3.8, 4) is 11.8 Å². The second-order valence-corrected chi connectivity index (χ2v) is 4.30. The molecular formula is C11H9Cl2NO2. The van der Waals surface area contributed by atoms with Crippen molar-refractivity contribution in [1.29, 1.82) is 5.26 Å². The van der Waals surface area contributed by atoms with Crippen LogP contribution in [-0.4, -0.2) is 19.3 Å². The monoisotopic (exact) mass is 257 g/mol. The van der Waals surface area contributed by atoms with Crippen LogP contribution < -0.4 is 4.74 Å². The van der Waals surface area contributed by atoms with Gasteiger partial charge in [0.15, 0.2) is 5.75 Å². The van der Waals surface area contributed by atoms with Gasteiger partial charge in [-0.15, -0.1) is 0 Å². The highest BCUT2D eigenvalue weighted by Gasteiger charge is 2.20. The van der Waals surface area contributed by atoms with Crippen LogP contribution in [0.25, 0.3) is 0 Å². The lowest BCUT2D eigenvalue weighted by molar-refractivity contribution is 0.141. The summed E-state index contributed by atoms with van der Waals surface area (Å²) in [5.74, 6) is 0.429. The number of rotatable bonds is 2. The topological polar surface area (TPSA) is 42.2 Å². The van der Waals surface area contributed by atoms with Crippen molar-refractivity contribution in [3.05, 3.63) is 27.7 Å². The summed E-state index contributed by atoms with van der Waals surface area (Å²) < 4.78 is 10.8. The molecule has 1 aromatic carbocycles. The van der Waals surface area contributed by atoms with Gasteiger partial charge in [0.2, 0.25) is 0 Å². The van der Waals surface area contributed by atoms with Crippen molar-refractivity contribution in [2.75, 3.05) is 13.2 Å². The highest BCUT2D eigenvalue weighted by Crippen LogP contribution is 2.35. The third kappa shape index (κ3) is 2.41. The molecule has 0 amide bonds. The molecule has 1 atom stereocenters. The molecule has 1 fully saturated rings. The summed E-state index contributed by atoms with van der Waals surface area (Å²) in [5.41, 5.74) is 0.421. The van der Waals surface area contributed by atoms with Crippen molar-refractivity contribution in [1.82, 2.24) is 0 Å². The first-order valence-electron chi connectivity index (χ1n) is 4.84. The molecule has 1 heterocycles. The molecule has 0 aliphatic carbocycles. The van der Waals surface area contributed by atoms with Crippen molar-refractivity contribution < 1.29 is 9.47 Å². The molecule has 0 saturated carbocycles. The van der Waals surface area contributed by atoms with Gasteiger partial charge in [0.05, 0.1) is 34.9 Å². The van der Waals surface area contributed by atoms with Gasteiger partial charge in [-0.2, -0.15) is 5.26 Å². The standard InChI is InChI=1S/C11H9Cl2NO2/c12-9-3-7(5-14)4-10(13)11(9)16-8-1-2-15-6-8/h3-4,8H,1-2,6H2. The van der Waals surface area contributed by atoms with Gasteiger partial charge in [0.25, 0.3) is 0 Å². The Labute approximate surface area is 103 Å². The van der Waals surface area contributed by atoms with E-state index in [1.165, 1.54) is 0 Å². The van der Waals surface area contributed by atoms with Crippen LogP contribution in [0.4, 0.5) is 0 Å². The molecule has 1 saturated heterocycles. The van der Waals surface area contributed by atoms with Crippen LogP contribution in [0.1, 0.15) is 12.0 Å². The maximum Gasteiger partial charge on any atom is 0.157 e. The molecule has 3 nitrogen and oxygen atoms in total. The predicted molar refractivity (Wildman–Crippen MR) is 61.0 cm³/mol. The molecule has 0 aromatic heterocycles. The first kappa shape index (κ1) is 11.5. The van der Waals surface area contributed by atoms with Gasteiger partial charge in [0, 0.05) is 6.42 Å². The fraction of sp³-hybridized carbons (Fsp3) is 0.364. The van der Waals surface area contributed by atoms with E-state index in [-0.39, 0.29) is 6.10 Å². The Balaban J connectivity index is 2.23. The van der Waals surface area contributed by atoms with Crippen LogP contribution in [0.5, 0.6) is 5.75 Å². The number of nitriles is 1. The van der Waals surface area contributed by atoms with E-state index >= 15 is 0 Å². The summed E-state index contributed by atoms with van der Waals surface area (Å²) in [6, 6.07) is 5.06. The first-order valence-corrected chi connectivity index (χ1v) is 5.60. The van der Waals surface area contributed by atoms with Crippen molar-refractivity contribution >= 4 is 23.2 Å². The molecule has 16 heavy (non-hydrogen) atoms. The average Bonchev–Trinajstić information content (AvgIpc) is 2.75. The number of nitrogens with zero attached hydrogens (tertiary/aromatic N) is 1. The minimum Gasteiger partial charge on any atom is -0.485 e. The summed E-state index contributed by atoms with van der Waals surface area (Å²) in [5, 5.41) is 9.45. The third-order valence-corrected chi connectivity index (χ3v) is 2.86. The van der Waals surface area contributed by atoms with Crippen LogP contribution in [-0.2, 0) is 4.74 Å². The molecule has 1 aliphatic rings. The van der Waals surface area contributed by atoms with Gasteiger partial charge in [-0.25, -0.2) is 0 Å². The molecule has 1 aliphatic heterocycles. The third-order valence-electron chi connectivity index (χ3n) is 2.30. The van der Waals surface area contributed by atoms with Crippen molar-refractivity contribution in [2.24, 2.45) is 0 Å². The lowest BCUT2D eigenvalue weighted by Gasteiger charge is -2.14. The van der Waals surface area contributed by atoms with Crippen molar-refractivity contribution in [3.63, 3.8) is 0 Å². The molecule has 0 bridgehead atoms. The van der Waals surface area contributed by atoms with Gasteiger partial charge in [-0.1, -0.05) is 23.2 Å². The second-order valence-electron chi connectivity index (χ2n) is 3.48.